The van der Waals surface area contributed by atoms with Crippen molar-refractivity contribution in [3.05, 3.63) is 40.7 Å². The second-order valence-electron chi connectivity index (χ2n) is 5.13. The summed E-state index contributed by atoms with van der Waals surface area (Å²) in [6, 6.07) is 5.05. The number of nitrogens with two attached hydrogens (primary N) is 1. The molecule has 0 aliphatic rings. The standard InChI is InChI=1S/C15H20N4O2/c1-3-15(4-2,10-16)18-13-5-6-14(19(20)21)12-9-17-8-7-11(12)13/h5-9,18H,3-4,10,16H2,1-2H3. The van der Waals surface area contributed by atoms with Gasteiger partial charge in [-0.3, -0.25) is 15.1 Å². The lowest BCUT2D eigenvalue weighted by atomic mass is 9.92. The summed E-state index contributed by atoms with van der Waals surface area (Å²) in [5.74, 6) is 0. The van der Waals surface area contributed by atoms with Gasteiger partial charge in [0.2, 0.25) is 0 Å². The highest BCUT2D eigenvalue weighted by atomic mass is 16.6. The minimum atomic E-state index is -0.385. The number of pyridine rings is 1. The number of nitrogens with one attached hydrogen (secondary N) is 1. The Kier molecular flexibility index (Phi) is 4.37. The van der Waals surface area contributed by atoms with Crippen LogP contribution in [0.1, 0.15) is 26.7 Å². The molecule has 3 N–H and O–H groups in total. The van der Waals surface area contributed by atoms with Crippen LogP contribution in [0, 0.1) is 10.1 Å². The highest BCUT2D eigenvalue weighted by Crippen LogP contribution is 2.33. The second-order valence-corrected chi connectivity index (χ2v) is 5.13. The van der Waals surface area contributed by atoms with E-state index in [0.717, 1.165) is 23.9 Å². The molecule has 1 aromatic heterocycles. The van der Waals surface area contributed by atoms with E-state index >= 15 is 0 Å². The van der Waals surface area contributed by atoms with Crippen LogP contribution in [0.3, 0.4) is 0 Å². The summed E-state index contributed by atoms with van der Waals surface area (Å²) in [5.41, 5.74) is 6.63. The van der Waals surface area contributed by atoms with Gasteiger partial charge in [0, 0.05) is 41.6 Å². The molecule has 0 radical (unpaired) electrons. The van der Waals surface area contributed by atoms with Crippen molar-refractivity contribution in [3.63, 3.8) is 0 Å². The van der Waals surface area contributed by atoms with Crippen LogP contribution in [0.4, 0.5) is 11.4 Å². The SMILES string of the molecule is CCC(CC)(CN)Nc1ccc([N+](=O)[O-])c2cnccc12. The molecule has 21 heavy (non-hydrogen) atoms. The van der Waals surface area contributed by atoms with Crippen LogP contribution in [0.15, 0.2) is 30.6 Å². The number of benzene rings is 1. The molecular formula is C15H20N4O2. The molecule has 6 heteroatoms. The fraction of sp³-hybridized carbons (Fsp3) is 0.400. The Balaban J connectivity index is 2.56. The van der Waals surface area contributed by atoms with Gasteiger partial charge in [0.1, 0.15) is 0 Å². The predicted molar refractivity (Wildman–Crippen MR) is 84.4 cm³/mol. The van der Waals surface area contributed by atoms with Crippen LogP contribution in [0.25, 0.3) is 10.8 Å². The number of aromatic nitrogens is 1. The topological polar surface area (TPSA) is 94.1 Å². The van der Waals surface area contributed by atoms with Gasteiger partial charge in [0.05, 0.1) is 10.3 Å². The lowest BCUT2D eigenvalue weighted by Crippen LogP contribution is -2.44. The predicted octanol–water partition coefficient (Wildman–Crippen LogP) is 3.07. The van der Waals surface area contributed by atoms with Crippen molar-refractivity contribution >= 4 is 22.1 Å². The highest BCUT2D eigenvalue weighted by Gasteiger charge is 2.25. The van der Waals surface area contributed by atoms with Crippen molar-refractivity contribution in [2.24, 2.45) is 5.73 Å². The smallest absolute Gasteiger partial charge is 0.278 e. The van der Waals surface area contributed by atoms with Gasteiger partial charge in [0.25, 0.3) is 5.69 Å². The quantitative estimate of drug-likeness (QED) is 0.629. The van der Waals surface area contributed by atoms with E-state index < -0.39 is 0 Å². The molecule has 0 fully saturated rings. The molecule has 0 amide bonds. The molecular weight excluding hydrogens is 268 g/mol. The molecule has 2 aromatic rings. The summed E-state index contributed by atoms with van der Waals surface area (Å²) >= 11 is 0. The Bertz CT molecular complexity index is 645. The van der Waals surface area contributed by atoms with Crippen LogP contribution >= 0.6 is 0 Å². The van der Waals surface area contributed by atoms with Gasteiger partial charge < -0.3 is 11.1 Å². The fourth-order valence-corrected chi connectivity index (χ4v) is 2.50. The highest BCUT2D eigenvalue weighted by molar-refractivity contribution is 5.99. The van der Waals surface area contributed by atoms with E-state index in [4.69, 9.17) is 5.73 Å². The maximum absolute atomic E-state index is 11.1. The third-order valence-electron chi connectivity index (χ3n) is 4.14. The molecule has 1 heterocycles. The van der Waals surface area contributed by atoms with E-state index in [1.807, 2.05) is 0 Å². The van der Waals surface area contributed by atoms with E-state index in [9.17, 15) is 10.1 Å². The van der Waals surface area contributed by atoms with E-state index in [1.54, 1.807) is 18.3 Å². The fourth-order valence-electron chi connectivity index (χ4n) is 2.50. The molecule has 112 valence electrons. The first-order valence-electron chi connectivity index (χ1n) is 7.06. The number of nitro groups is 1. The molecule has 0 saturated carbocycles. The molecule has 0 aliphatic carbocycles. The number of nitro benzene ring substituents is 1. The number of rotatable bonds is 6. The Labute approximate surface area is 123 Å². The molecule has 0 unspecified atom stereocenters. The van der Waals surface area contributed by atoms with E-state index in [1.165, 1.54) is 12.3 Å². The monoisotopic (exact) mass is 288 g/mol. The van der Waals surface area contributed by atoms with Crippen LogP contribution < -0.4 is 11.1 Å². The van der Waals surface area contributed by atoms with Crippen molar-refractivity contribution in [1.82, 2.24) is 4.98 Å². The molecule has 1 aromatic carbocycles. The van der Waals surface area contributed by atoms with Crippen molar-refractivity contribution in [3.8, 4) is 0 Å². The first-order chi connectivity index (χ1) is 10.1. The number of fused-ring (bicyclic) bond motifs is 1. The lowest BCUT2D eigenvalue weighted by molar-refractivity contribution is -0.383. The first kappa shape index (κ1) is 15.2. The average molecular weight is 288 g/mol. The molecule has 0 saturated heterocycles. The summed E-state index contributed by atoms with van der Waals surface area (Å²) in [6.07, 6.45) is 4.92. The molecule has 0 aliphatic heterocycles. The van der Waals surface area contributed by atoms with Gasteiger partial charge in [-0.15, -0.1) is 0 Å². The number of nitrogens with zero attached hydrogens (tertiary/aromatic N) is 2. The van der Waals surface area contributed by atoms with Crippen LogP contribution in [0.5, 0.6) is 0 Å². The first-order valence-corrected chi connectivity index (χ1v) is 7.06. The van der Waals surface area contributed by atoms with E-state index in [0.29, 0.717) is 11.9 Å². The Hall–Kier alpha value is -2.21. The third kappa shape index (κ3) is 2.80. The summed E-state index contributed by atoms with van der Waals surface area (Å²) < 4.78 is 0. The zero-order valence-corrected chi connectivity index (χ0v) is 12.3. The van der Waals surface area contributed by atoms with Gasteiger partial charge in [-0.25, -0.2) is 0 Å². The maximum Gasteiger partial charge on any atom is 0.278 e. The van der Waals surface area contributed by atoms with Gasteiger partial charge in [-0.1, -0.05) is 13.8 Å². The molecule has 0 atom stereocenters. The summed E-state index contributed by atoms with van der Waals surface area (Å²) in [6.45, 7) is 4.67. The summed E-state index contributed by atoms with van der Waals surface area (Å²) in [7, 11) is 0. The molecule has 0 bridgehead atoms. The number of non-ortho nitro benzene ring substituents is 1. The zero-order valence-electron chi connectivity index (χ0n) is 12.3. The Morgan fingerprint density at radius 2 is 2.00 bits per heavy atom. The summed E-state index contributed by atoms with van der Waals surface area (Å²) in [4.78, 5) is 14.7. The minimum absolute atomic E-state index is 0.0648. The Morgan fingerprint density at radius 3 is 2.57 bits per heavy atom. The van der Waals surface area contributed by atoms with Crippen LogP contribution in [-0.2, 0) is 0 Å². The van der Waals surface area contributed by atoms with Crippen molar-refractivity contribution < 1.29 is 4.92 Å². The van der Waals surface area contributed by atoms with Crippen molar-refractivity contribution in [1.29, 1.82) is 0 Å². The van der Waals surface area contributed by atoms with Gasteiger partial charge in [-0.05, 0) is 25.0 Å². The van der Waals surface area contributed by atoms with Crippen LogP contribution in [0.2, 0.25) is 0 Å². The lowest BCUT2D eigenvalue weighted by Gasteiger charge is -2.33. The molecule has 2 rings (SSSR count). The minimum Gasteiger partial charge on any atom is -0.378 e. The summed E-state index contributed by atoms with van der Waals surface area (Å²) in [5, 5.41) is 15.9. The maximum atomic E-state index is 11.1. The zero-order chi connectivity index (χ0) is 15.5. The number of hydrogen-bond donors (Lipinski definition) is 2. The molecule has 0 spiro atoms. The van der Waals surface area contributed by atoms with Gasteiger partial charge >= 0.3 is 0 Å². The third-order valence-corrected chi connectivity index (χ3v) is 4.14. The Morgan fingerprint density at radius 1 is 1.29 bits per heavy atom. The van der Waals surface area contributed by atoms with Gasteiger partial charge in [0.15, 0.2) is 0 Å². The van der Waals surface area contributed by atoms with Crippen molar-refractivity contribution in [2.45, 2.75) is 32.2 Å². The number of hydrogen-bond acceptors (Lipinski definition) is 5. The largest absolute Gasteiger partial charge is 0.378 e. The van der Waals surface area contributed by atoms with E-state index in [-0.39, 0.29) is 16.1 Å². The average Bonchev–Trinajstić information content (AvgIpc) is 2.52. The second kappa shape index (κ2) is 6.05. The van der Waals surface area contributed by atoms with Crippen molar-refractivity contribution in [2.75, 3.05) is 11.9 Å². The van der Waals surface area contributed by atoms with Crippen LogP contribution in [-0.4, -0.2) is 22.0 Å². The number of anilines is 1. The van der Waals surface area contributed by atoms with E-state index in [2.05, 4.69) is 24.1 Å². The normalized spacial score (nSPS) is 11.6. The molecule has 6 nitrogen and oxygen atoms in total. The van der Waals surface area contributed by atoms with Gasteiger partial charge in [-0.2, -0.15) is 0 Å².